The first-order chi connectivity index (χ1) is 12.8. The molecule has 8 heteroatoms. The van der Waals surface area contributed by atoms with E-state index in [0.717, 1.165) is 17.2 Å². The summed E-state index contributed by atoms with van der Waals surface area (Å²) >= 11 is 0. The highest BCUT2D eigenvalue weighted by Crippen LogP contribution is 2.29. The van der Waals surface area contributed by atoms with Crippen LogP contribution >= 0.6 is 0 Å². The van der Waals surface area contributed by atoms with Gasteiger partial charge in [-0.15, -0.1) is 0 Å². The highest BCUT2D eigenvalue weighted by Gasteiger charge is 2.19. The molecule has 6 N–H and O–H groups in total. The molecule has 0 bridgehead atoms. The predicted octanol–water partition coefficient (Wildman–Crippen LogP) is 2.20. The predicted molar refractivity (Wildman–Crippen MR) is 108 cm³/mol. The van der Waals surface area contributed by atoms with E-state index in [2.05, 4.69) is 15.4 Å². The Morgan fingerprint density at radius 2 is 2.04 bits per heavy atom. The summed E-state index contributed by atoms with van der Waals surface area (Å²) in [5.74, 6) is 0.229. The normalized spacial score (nSPS) is 13.3. The molecule has 1 amide bonds. The zero-order chi connectivity index (χ0) is 19.7. The second-order valence-electron chi connectivity index (χ2n) is 6.73. The average Bonchev–Trinajstić information content (AvgIpc) is 3.06. The molecular formula is C19H23N7O. The van der Waals surface area contributed by atoms with E-state index in [1.165, 1.54) is 6.08 Å². The summed E-state index contributed by atoms with van der Waals surface area (Å²) in [5, 5.41) is 16.1. The van der Waals surface area contributed by atoms with E-state index in [1.807, 2.05) is 32.0 Å². The van der Waals surface area contributed by atoms with Crippen molar-refractivity contribution < 1.29 is 4.79 Å². The quantitative estimate of drug-likeness (QED) is 0.514. The molecule has 0 aliphatic carbocycles. The lowest BCUT2D eigenvalue weighted by Crippen LogP contribution is -2.35. The minimum Gasteiger partial charge on any atom is -0.398 e. The molecule has 1 aromatic carbocycles. The Morgan fingerprint density at radius 3 is 2.70 bits per heavy atom. The number of benzene rings is 1. The average molecular weight is 365 g/mol. The maximum Gasteiger partial charge on any atom is 0.244 e. The summed E-state index contributed by atoms with van der Waals surface area (Å²) in [6.07, 6.45) is 4.39. The number of fused-ring (bicyclic) bond motifs is 3. The Bertz CT molecular complexity index is 1060. The number of allylic oxidation sites excluding steroid dienone is 1. The fourth-order valence-electron chi connectivity index (χ4n) is 2.88. The molecule has 140 valence electrons. The molecule has 3 rings (SSSR count). The third-order valence-electron chi connectivity index (χ3n) is 4.31. The zero-order valence-corrected chi connectivity index (χ0v) is 15.5. The van der Waals surface area contributed by atoms with E-state index in [-0.39, 0.29) is 11.9 Å². The minimum atomic E-state index is -0.473. The molecular weight excluding hydrogens is 342 g/mol. The number of nitrogens with zero attached hydrogens (tertiary/aromatic N) is 3. The van der Waals surface area contributed by atoms with Crippen LogP contribution in [-0.2, 0) is 4.79 Å². The fraction of sp³-hybridized carbons (Fsp3) is 0.263. The van der Waals surface area contributed by atoms with Crippen molar-refractivity contribution in [1.82, 2.24) is 20.1 Å². The molecule has 0 aliphatic rings. The molecule has 3 aromatic rings. The topological polar surface area (TPSA) is 136 Å². The summed E-state index contributed by atoms with van der Waals surface area (Å²) in [5.41, 5.74) is 14.6. The SMILES string of the molecule is CC(C)NC(=O)C(C)n1cc2c(N)nc3cc(/C(N)=C/C=N)ccc3c2n1. The molecule has 8 nitrogen and oxygen atoms in total. The lowest BCUT2D eigenvalue weighted by atomic mass is 10.1. The van der Waals surface area contributed by atoms with Crippen LogP contribution in [0.1, 0.15) is 32.4 Å². The van der Waals surface area contributed by atoms with Crippen LogP contribution < -0.4 is 16.8 Å². The molecule has 1 atom stereocenters. The van der Waals surface area contributed by atoms with Crippen molar-refractivity contribution in [1.29, 1.82) is 5.41 Å². The van der Waals surface area contributed by atoms with Crippen LogP contribution in [0.15, 0.2) is 30.5 Å². The van der Waals surface area contributed by atoms with Crippen LogP contribution in [-0.4, -0.2) is 32.9 Å². The van der Waals surface area contributed by atoms with E-state index in [9.17, 15) is 4.79 Å². The maximum absolute atomic E-state index is 12.3. The molecule has 2 aromatic heterocycles. The lowest BCUT2D eigenvalue weighted by Gasteiger charge is -2.14. The van der Waals surface area contributed by atoms with Gasteiger partial charge in [0.2, 0.25) is 5.91 Å². The van der Waals surface area contributed by atoms with E-state index < -0.39 is 6.04 Å². The number of anilines is 1. The van der Waals surface area contributed by atoms with Gasteiger partial charge in [-0.3, -0.25) is 9.48 Å². The number of nitrogens with two attached hydrogens (primary N) is 2. The van der Waals surface area contributed by atoms with Crippen LogP contribution in [0, 0.1) is 5.41 Å². The monoisotopic (exact) mass is 365 g/mol. The van der Waals surface area contributed by atoms with Crippen molar-refractivity contribution in [2.45, 2.75) is 32.9 Å². The van der Waals surface area contributed by atoms with Gasteiger partial charge in [0.1, 0.15) is 17.4 Å². The number of rotatable bonds is 5. The third kappa shape index (κ3) is 3.46. The Hall–Kier alpha value is -3.42. The Kier molecular flexibility index (Phi) is 4.81. The van der Waals surface area contributed by atoms with Crippen LogP contribution in [0.3, 0.4) is 0 Å². The fourth-order valence-corrected chi connectivity index (χ4v) is 2.88. The standard InChI is InChI=1S/C19H23N7O/c1-10(2)23-19(27)11(3)26-9-14-17(25-26)13-5-4-12(15(21)6-7-20)8-16(13)24-18(14)22/h4-11,20H,21H2,1-3H3,(H2,22,24)(H,23,27)/b15-6-,20-7?. The van der Waals surface area contributed by atoms with Gasteiger partial charge in [0.25, 0.3) is 0 Å². The van der Waals surface area contributed by atoms with Crippen molar-refractivity contribution in [3.63, 3.8) is 0 Å². The van der Waals surface area contributed by atoms with Crippen molar-refractivity contribution in [3.8, 4) is 0 Å². The molecule has 0 radical (unpaired) electrons. The van der Waals surface area contributed by atoms with Crippen LogP contribution in [0.4, 0.5) is 5.82 Å². The number of carbonyl (C=O) groups excluding carboxylic acids is 1. The van der Waals surface area contributed by atoms with E-state index >= 15 is 0 Å². The second-order valence-corrected chi connectivity index (χ2v) is 6.73. The zero-order valence-electron chi connectivity index (χ0n) is 15.5. The molecule has 0 fully saturated rings. The molecule has 1 unspecified atom stereocenters. The Morgan fingerprint density at radius 1 is 1.30 bits per heavy atom. The largest absolute Gasteiger partial charge is 0.398 e. The Balaban J connectivity index is 2.11. The van der Waals surface area contributed by atoms with Crippen molar-refractivity contribution in [3.05, 3.63) is 36.0 Å². The number of nitrogens with one attached hydrogen (secondary N) is 2. The number of hydrogen-bond acceptors (Lipinski definition) is 6. The summed E-state index contributed by atoms with van der Waals surface area (Å²) in [4.78, 5) is 16.8. The first kappa shape index (κ1) is 18.4. The first-order valence-corrected chi connectivity index (χ1v) is 8.67. The highest BCUT2D eigenvalue weighted by atomic mass is 16.2. The maximum atomic E-state index is 12.3. The molecule has 0 saturated carbocycles. The molecule has 0 saturated heterocycles. The van der Waals surface area contributed by atoms with Gasteiger partial charge in [-0.2, -0.15) is 5.10 Å². The Labute approximate surface area is 156 Å². The van der Waals surface area contributed by atoms with Crippen molar-refractivity contribution in [2.75, 3.05) is 5.73 Å². The number of hydrogen-bond donors (Lipinski definition) is 4. The van der Waals surface area contributed by atoms with Crippen molar-refractivity contribution in [2.24, 2.45) is 5.73 Å². The van der Waals surface area contributed by atoms with Gasteiger partial charge in [0, 0.05) is 29.5 Å². The number of carbonyl (C=O) groups is 1. The minimum absolute atomic E-state index is 0.0513. The van der Waals surface area contributed by atoms with Gasteiger partial charge in [-0.05, 0) is 44.5 Å². The third-order valence-corrected chi connectivity index (χ3v) is 4.31. The number of amides is 1. The lowest BCUT2D eigenvalue weighted by molar-refractivity contribution is -0.124. The van der Waals surface area contributed by atoms with Gasteiger partial charge in [0.15, 0.2) is 0 Å². The molecule has 27 heavy (non-hydrogen) atoms. The van der Waals surface area contributed by atoms with Gasteiger partial charge in [-0.1, -0.05) is 6.07 Å². The summed E-state index contributed by atoms with van der Waals surface area (Å²) in [6.45, 7) is 5.61. The second kappa shape index (κ2) is 7.06. The van der Waals surface area contributed by atoms with Gasteiger partial charge < -0.3 is 22.2 Å². The van der Waals surface area contributed by atoms with Gasteiger partial charge >= 0.3 is 0 Å². The molecule has 0 spiro atoms. The van der Waals surface area contributed by atoms with E-state index in [0.29, 0.717) is 27.9 Å². The van der Waals surface area contributed by atoms with Gasteiger partial charge in [-0.25, -0.2) is 4.98 Å². The van der Waals surface area contributed by atoms with Crippen LogP contribution in [0.2, 0.25) is 0 Å². The molecule has 0 aliphatic heterocycles. The smallest absolute Gasteiger partial charge is 0.244 e. The number of nitrogen functional groups attached to an aromatic ring is 1. The van der Waals surface area contributed by atoms with Gasteiger partial charge in [0.05, 0.1) is 10.9 Å². The number of aromatic nitrogens is 3. The van der Waals surface area contributed by atoms with Crippen LogP contribution in [0.25, 0.3) is 27.5 Å². The number of pyridine rings is 1. The van der Waals surface area contributed by atoms with E-state index in [1.54, 1.807) is 17.8 Å². The van der Waals surface area contributed by atoms with Crippen molar-refractivity contribution >= 4 is 45.4 Å². The summed E-state index contributed by atoms with van der Waals surface area (Å²) < 4.78 is 1.61. The van der Waals surface area contributed by atoms with Crippen LogP contribution in [0.5, 0.6) is 0 Å². The molecule has 2 heterocycles. The summed E-state index contributed by atoms with van der Waals surface area (Å²) in [6, 6.07) is 5.12. The highest BCUT2D eigenvalue weighted by molar-refractivity contribution is 6.08. The first-order valence-electron chi connectivity index (χ1n) is 8.67. The van der Waals surface area contributed by atoms with E-state index in [4.69, 9.17) is 16.9 Å². The summed E-state index contributed by atoms with van der Waals surface area (Å²) in [7, 11) is 0.